The highest BCUT2D eigenvalue weighted by Crippen LogP contribution is 2.21. The van der Waals surface area contributed by atoms with Gasteiger partial charge < -0.3 is 15.2 Å². The van der Waals surface area contributed by atoms with Crippen LogP contribution in [0.4, 0.5) is 0 Å². The van der Waals surface area contributed by atoms with Gasteiger partial charge in [-0.15, -0.1) is 0 Å². The molecule has 0 spiro atoms. The Hall–Kier alpha value is -1.11. The zero-order valence-electron chi connectivity index (χ0n) is 9.44. The van der Waals surface area contributed by atoms with Crippen LogP contribution in [0.1, 0.15) is 10.4 Å². The molecule has 18 heavy (non-hydrogen) atoms. The van der Waals surface area contributed by atoms with Crippen molar-refractivity contribution in [3.8, 4) is 0 Å². The number of benzene rings is 1. The molecule has 0 aliphatic heterocycles. The predicted octanol–water partition coefficient (Wildman–Crippen LogP) is 1.37. The minimum absolute atomic E-state index is 0.238. The summed E-state index contributed by atoms with van der Waals surface area (Å²) in [5.41, 5.74) is 0.261. The molecule has 5 nitrogen and oxygen atoms in total. The monoisotopic (exact) mass is 335 g/mol. The molecule has 0 radical (unpaired) electrons. The molecular formula is C11H11BrClNO4. The standard InChI is InChI=1S/C11H11BrClNO4/c1-18-11(17)9(15)5-14-10(16)7-3-2-6(12)4-8(7)13/h2-4,9,15H,5H2,1H3,(H,14,16). The Balaban J connectivity index is 2.63. The van der Waals surface area contributed by atoms with E-state index in [1.807, 2.05) is 0 Å². The second-order valence-corrected chi connectivity index (χ2v) is 4.70. The van der Waals surface area contributed by atoms with Crippen LogP contribution < -0.4 is 5.32 Å². The van der Waals surface area contributed by atoms with Crippen LogP contribution in [0.25, 0.3) is 0 Å². The Morgan fingerprint density at radius 2 is 2.22 bits per heavy atom. The molecule has 1 aromatic carbocycles. The van der Waals surface area contributed by atoms with Gasteiger partial charge in [0, 0.05) is 4.47 Å². The molecule has 0 bridgehead atoms. The highest BCUT2D eigenvalue weighted by atomic mass is 79.9. The van der Waals surface area contributed by atoms with E-state index < -0.39 is 18.0 Å². The molecule has 1 aromatic rings. The van der Waals surface area contributed by atoms with E-state index >= 15 is 0 Å². The van der Waals surface area contributed by atoms with Crippen molar-refractivity contribution in [3.05, 3.63) is 33.3 Å². The van der Waals surface area contributed by atoms with Crippen molar-refractivity contribution in [2.45, 2.75) is 6.10 Å². The van der Waals surface area contributed by atoms with Crippen LogP contribution in [0.2, 0.25) is 5.02 Å². The van der Waals surface area contributed by atoms with Gasteiger partial charge in [0.25, 0.3) is 5.91 Å². The van der Waals surface area contributed by atoms with Gasteiger partial charge in [0.15, 0.2) is 6.10 Å². The third-order valence-corrected chi connectivity index (χ3v) is 2.91. The number of rotatable bonds is 4. The maximum atomic E-state index is 11.7. The van der Waals surface area contributed by atoms with Gasteiger partial charge in [-0.05, 0) is 18.2 Å². The lowest BCUT2D eigenvalue weighted by atomic mass is 10.2. The van der Waals surface area contributed by atoms with Gasteiger partial charge in [0.1, 0.15) is 0 Å². The first-order valence-electron chi connectivity index (χ1n) is 4.95. The highest BCUT2D eigenvalue weighted by Gasteiger charge is 2.17. The lowest BCUT2D eigenvalue weighted by molar-refractivity contribution is -0.149. The van der Waals surface area contributed by atoms with Crippen LogP contribution in [-0.2, 0) is 9.53 Å². The van der Waals surface area contributed by atoms with Gasteiger partial charge in [-0.3, -0.25) is 4.79 Å². The summed E-state index contributed by atoms with van der Waals surface area (Å²) in [5, 5.41) is 12.0. The van der Waals surface area contributed by atoms with Gasteiger partial charge in [-0.2, -0.15) is 0 Å². The fourth-order valence-electron chi connectivity index (χ4n) is 1.18. The van der Waals surface area contributed by atoms with Crippen LogP contribution >= 0.6 is 27.5 Å². The lowest BCUT2D eigenvalue weighted by Gasteiger charge is -2.10. The van der Waals surface area contributed by atoms with E-state index in [1.165, 1.54) is 6.07 Å². The largest absolute Gasteiger partial charge is 0.467 e. The molecule has 1 unspecified atom stereocenters. The molecule has 1 amide bonds. The Morgan fingerprint density at radius 3 is 2.78 bits per heavy atom. The van der Waals surface area contributed by atoms with E-state index in [0.717, 1.165) is 11.6 Å². The van der Waals surface area contributed by atoms with Crippen LogP contribution in [0.15, 0.2) is 22.7 Å². The maximum Gasteiger partial charge on any atom is 0.336 e. The minimum Gasteiger partial charge on any atom is -0.467 e. The topological polar surface area (TPSA) is 75.6 Å². The molecule has 7 heteroatoms. The number of nitrogens with one attached hydrogen (secondary N) is 1. The normalized spacial score (nSPS) is 11.8. The fraction of sp³-hybridized carbons (Fsp3) is 0.273. The fourth-order valence-corrected chi connectivity index (χ4v) is 1.94. The number of hydrogen-bond donors (Lipinski definition) is 2. The van der Waals surface area contributed by atoms with Crippen molar-refractivity contribution >= 4 is 39.4 Å². The quantitative estimate of drug-likeness (QED) is 0.814. The molecule has 98 valence electrons. The van der Waals surface area contributed by atoms with E-state index in [0.29, 0.717) is 0 Å². The number of amides is 1. The Kier molecular flexibility index (Phi) is 5.58. The molecule has 1 rings (SSSR count). The van der Waals surface area contributed by atoms with Gasteiger partial charge in [-0.1, -0.05) is 27.5 Å². The molecule has 0 aromatic heterocycles. The number of ether oxygens (including phenoxy) is 1. The number of aliphatic hydroxyl groups is 1. The molecule has 0 fully saturated rings. The maximum absolute atomic E-state index is 11.7. The van der Waals surface area contributed by atoms with Crippen molar-refractivity contribution in [2.75, 3.05) is 13.7 Å². The van der Waals surface area contributed by atoms with E-state index in [9.17, 15) is 14.7 Å². The van der Waals surface area contributed by atoms with Gasteiger partial charge >= 0.3 is 5.97 Å². The van der Waals surface area contributed by atoms with Crippen molar-refractivity contribution < 1.29 is 19.4 Å². The second-order valence-electron chi connectivity index (χ2n) is 3.37. The molecule has 0 aliphatic carbocycles. The second kappa shape index (κ2) is 6.72. The predicted molar refractivity (Wildman–Crippen MR) is 69.5 cm³/mol. The van der Waals surface area contributed by atoms with Crippen LogP contribution in [0, 0.1) is 0 Å². The third kappa shape index (κ3) is 3.97. The Labute approximate surface area is 117 Å². The number of aliphatic hydroxyl groups excluding tert-OH is 1. The number of methoxy groups -OCH3 is 1. The first-order chi connectivity index (χ1) is 8.45. The summed E-state index contributed by atoms with van der Waals surface area (Å²) in [6, 6.07) is 4.77. The first-order valence-corrected chi connectivity index (χ1v) is 6.12. The molecule has 0 saturated carbocycles. The number of carbonyl (C=O) groups excluding carboxylic acids is 2. The molecule has 2 N–H and O–H groups in total. The average Bonchev–Trinajstić information content (AvgIpc) is 2.34. The summed E-state index contributed by atoms with van der Waals surface area (Å²) in [7, 11) is 1.15. The Morgan fingerprint density at radius 1 is 1.56 bits per heavy atom. The highest BCUT2D eigenvalue weighted by molar-refractivity contribution is 9.10. The van der Waals surface area contributed by atoms with Gasteiger partial charge in [0.05, 0.1) is 24.2 Å². The van der Waals surface area contributed by atoms with Crippen molar-refractivity contribution in [1.29, 1.82) is 0 Å². The zero-order valence-corrected chi connectivity index (χ0v) is 11.8. The number of halogens is 2. The smallest absolute Gasteiger partial charge is 0.336 e. The van der Waals surface area contributed by atoms with Crippen molar-refractivity contribution in [3.63, 3.8) is 0 Å². The first kappa shape index (κ1) is 14.9. The lowest BCUT2D eigenvalue weighted by Crippen LogP contribution is -2.37. The van der Waals surface area contributed by atoms with Crippen molar-refractivity contribution in [1.82, 2.24) is 5.32 Å². The molecule has 0 aliphatic rings. The van der Waals surface area contributed by atoms with E-state index in [4.69, 9.17) is 11.6 Å². The molecule has 0 saturated heterocycles. The van der Waals surface area contributed by atoms with Crippen LogP contribution in [-0.4, -0.2) is 36.7 Å². The van der Waals surface area contributed by atoms with Gasteiger partial charge in [0.2, 0.25) is 0 Å². The minimum atomic E-state index is -1.40. The number of esters is 1. The van der Waals surface area contributed by atoms with E-state index in [2.05, 4.69) is 26.0 Å². The summed E-state index contributed by atoms with van der Waals surface area (Å²) in [4.78, 5) is 22.6. The average molecular weight is 337 g/mol. The summed E-state index contributed by atoms with van der Waals surface area (Å²) in [5.74, 6) is -1.28. The zero-order chi connectivity index (χ0) is 13.7. The molecule has 1 atom stereocenters. The SMILES string of the molecule is COC(=O)C(O)CNC(=O)c1ccc(Br)cc1Cl. The summed E-state index contributed by atoms with van der Waals surface area (Å²) < 4.78 is 5.07. The van der Waals surface area contributed by atoms with E-state index in [-0.39, 0.29) is 17.1 Å². The molecular weight excluding hydrogens is 325 g/mol. The molecule has 0 heterocycles. The van der Waals surface area contributed by atoms with Crippen LogP contribution in [0.3, 0.4) is 0 Å². The van der Waals surface area contributed by atoms with Gasteiger partial charge in [-0.25, -0.2) is 4.79 Å². The number of hydrogen-bond acceptors (Lipinski definition) is 4. The van der Waals surface area contributed by atoms with Crippen LogP contribution in [0.5, 0.6) is 0 Å². The van der Waals surface area contributed by atoms with E-state index in [1.54, 1.807) is 12.1 Å². The number of carbonyl (C=O) groups is 2. The Bertz CT molecular complexity index is 466. The summed E-state index contributed by atoms with van der Waals surface area (Å²) in [6.45, 7) is -0.238. The summed E-state index contributed by atoms with van der Waals surface area (Å²) in [6.07, 6.45) is -1.40. The van der Waals surface area contributed by atoms with Crippen molar-refractivity contribution in [2.24, 2.45) is 0 Å². The third-order valence-electron chi connectivity index (χ3n) is 2.10. The summed E-state index contributed by atoms with van der Waals surface area (Å²) >= 11 is 9.10.